The van der Waals surface area contributed by atoms with Gasteiger partial charge in [-0.2, -0.15) is 0 Å². The maximum Gasteiger partial charge on any atom is 0.162 e. The summed E-state index contributed by atoms with van der Waals surface area (Å²) in [5.74, 6) is 3.36. The fourth-order valence-corrected chi connectivity index (χ4v) is 6.37. The number of methoxy groups -OCH3 is 4. The summed E-state index contributed by atoms with van der Waals surface area (Å²) in [4.78, 5) is 0. The lowest BCUT2D eigenvalue weighted by atomic mass is 10.0. The zero-order chi connectivity index (χ0) is 36.2. The summed E-state index contributed by atoms with van der Waals surface area (Å²) < 4.78 is 42.2. The van der Waals surface area contributed by atoms with Crippen LogP contribution < -0.4 is 0 Å². The number of rotatable bonds is 38. The van der Waals surface area contributed by atoms with Crippen LogP contribution >= 0.6 is 0 Å². The fourth-order valence-electron chi connectivity index (χ4n) is 6.37. The molecule has 49 heavy (non-hydrogen) atoms. The van der Waals surface area contributed by atoms with Gasteiger partial charge in [-0.05, 0) is 25.7 Å². The van der Waals surface area contributed by atoms with Gasteiger partial charge in [-0.1, -0.05) is 156 Å². The number of allylic oxidation sites excluding steroid dienone is 2. The van der Waals surface area contributed by atoms with Gasteiger partial charge in [0.05, 0.1) is 28.4 Å². The van der Waals surface area contributed by atoms with Crippen LogP contribution in [-0.4, -0.2) is 54.2 Å². The van der Waals surface area contributed by atoms with Gasteiger partial charge < -0.3 is 33.2 Å². The Bertz CT molecular complexity index is 704. The highest BCUT2D eigenvalue weighted by molar-refractivity contribution is 5.08. The maximum atomic E-state index is 6.32. The second-order valence-electron chi connectivity index (χ2n) is 13.6. The molecule has 0 saturated heterocycles. The second kappa shape index (κ2) is 36.4. The lowest BCUT2D eigenvalue weighted by molar-refractivity contribution is -0.166. The minimum atomic E-state index is -0.220. The Morgan fingerprint density at radius 3 is 0.980 bits per heavy atom. The van der Waals surface area contributed by atoms with Gasteiger partial charge in [-0.25, -0.2) is 0 Å². The van der Waals surface area contributed by atoms with E-state index in [9.17, 15) is 0 Å². The highest BCUT2D eigenvalue weighted by Gasteiger charge is 2.23. The van der Waals surface area contributed by atoms with E-state index in [0.29, 0.717) is 0 Å². The van der Waals surface area contributed by atoms with Crippen LogP contribution in [0.3, 0.4) is 0 Å². The summed E-state index contributed by atoms with van der Waals surface area (Å²) >= 11 is 0. The minimum Gasteiger partial charge on any atom is -0.497 e. The molecule has 0 N–H and O–H groups in total. The molecule has 2 unspecified atom stereocenters. The van der Waals surface area contributed by atoms with Crippen molar-refractivity contribution in [3.63, 3.8) is 0 Å². The van der Waals surface area contributed by atoms with Crippen molar-refractivity contribution in [2.24, 2.45) is 0 Å². The van der Waals surface area contributed by atoms with Crippen LogP contribution in [0.5, 0.6) is 0 Å². The Kier molecular flexibility index (Phi) is 35.3. The number of hydrogen-bond donors (Lipinski definition) is 0. The van der Waals surface area contributed by atoms with Gasteiger partial charge in [0.2, 0.25) is 0 Å². The van der Waals surface area contributed by atoms with E-state index in [-0.39, 0.29) is 25.8 Å². The molecule has 0 heterocycles. The van der Waals surface area contributed by atoms with E-state index in [1.54, 1.807) is 28.4 Å². The third-order valence-electron chi connectivity index (χ3n) is 9.43. The first-order valence-electron chi connectivity index (χ1n) is 20.5. The lowest BCUT2D eigenvalue weighted by Gasteiger charge is -2.24. The van der Waals surface area contributed by atoms with E-state index in [1.165, 1.54) is 89.9 Å². The molecule has 0 amide bonds. The molecule has 0 rings (SSSR count). The summed E-state index contributed by atoms with van der Waals surface area (Å²) in [6.07, 6.45) is 30.2. The molecule has 7 heteroatoms. The van der Waals surface area contributed by atoms with Crippen molar-refractivity contribution in [2.45, 2.75) is 207 Å². The Hall–Kier alpha value is -1.44. The van der Waals surface area contributed by atoms with E-state index in [2.05, 4.69) is 27.7 Å². The van der Waals surface area contributed by atoms with Crippen LogP contribution in [0.4, 0.5) is 0 Å². The summed E-state index contributed by atoms with van der Waals surface area (Å²) in [5.41, 5.74) is 0. The highest BCUT2D eigenvalue weighted by Crippen LogP contribution is 2.26. The Morgan fingerprint density at radius 2 is 0.673 bits per heavy atom. The van der Waals surface area contributed by atoms with Crippen molar-refractivity contribution < 1.29 is 33.2 Å². The molecule has 0 fully saturated rings. The van der Waals surface area contributed by atoms with Crippen molar-refractivity contribution in [3.8, 4) is 0 Å². The predicted molar refractivity (Wildman–Crippen MR) is 205 cm³/mol. The van der Waals surface area contributed by atoms with Gasteiger partial charge in [-0.3, -0.25) is 0 Å². The van der Waals surface area contributed by atoms with Crippen LogP contribution in [0.2, 0.25) is 0 Å². The van der Waals surface area contributed by atoms with E-state index in [1.807, 2.05) is 0 Å². The molecule has 0 aromatic heterocycles. The molecule has 0 spiro atoms. The van der Waals surface area contributed by atoms with E-state index < -0.39 is 0 Å². The van der Waals surface area contributed by atoms with Gasteiger partial charge >= 0.3 is 0 Å². The van der Waals surface area contributed by atoms with E-state index in [0.717, 1.165) is 100 Å². The fraction of sp³-hybridized carbons (Fsp3) is 0.905. The molecule has 0 radical (unpaired) electrons. The van der Waals surface area contributed by atoms with Crippen molar-refractivity contribution in [3.05, 3.63) is 23.0 Å². The molecule has 0 aliphatic rings. The SMILES string of the molecule is CCCCCCCCCCC(OC)=C(OC)C(CCCCC)OCOCOC(CCCCC)C(OC)=C(CCCCCCCCCC)OC. The summed E-state index contributed by atoms with van der Waals surface area (Å²) in [5, 5.41) is 0. The van der Waals surface area contributed by atoms with Crippen molar-refractivity contribution >= 4 is 0 Å². The molecule has 7 nitrogen and oxygen atoms in total. The maximum absolute atomic E-state index is 6.32. The largest absolute Gasteiger partial charge is 0.497 e. The van der Waals surface area contributed by atoms with Crippen LogP contribution in [0.15, 0.2) is 23.0 Å². The van der Waals surface area contributed by atoms with Crippen LogP contribution in [0, 0.1) is 0 Å². The van der Waals surface area contributed by atoms with Gasteiger partial charge in [0.1, 0.15) is 23.7 Å². The first-order chi connectivity index (χ1) is 24.1. The molecule has 292 valence electrons. The van der Waals surface area contributed by atoms with Crippen molar-refractivity contribution in [1.82, 2.24) is 0 Å². The Balaban J connectivity index is 5.25. The quantitative estimate of drug-likeness (QED) is 0.0361. The van der Waals surface area contributed by atoms with Gasteiger partial charge in [-0.15, -0.1) is 0 Å². The van der Waals surface area contributed by atoms with Gasteiger partial charge in [0.25, 0.3) is 0 Å². The predicted octanol–water partition coefficient (Wildman–Crippen LogP) is 12.9. The zero-order valence-electron chi connectivity index (χ0n) is 33.8. The standard InChI is InChI=1S/C42H82O7/c1-9-13-17-19-21-23-25-29-31-37(43-5)41(45-7)39(33-27-15-11-3)48-35-47-36-49-40(34-28-16-12-4)42(46-8)38(44-6)32-30-26-24-22-20-18-14-10-2/h39-40H,9-36H2,1-8H3. The van der Waals surface area contributed by atoms with Crippen LogP contribution in [0.1, 0.15) is 195 Å². The Labute approximate surface area is 304 Å². The average Bonchev–Trinajstić information content (AvgIpc) is 3.11. The average molecular weight is 699 g/mol. The smallest absolute Gasteiger partial charge is 0.162 e. The monoisotopic (exact) mass is 699 g/mol. The van der Waals surface area contributed by atoms with Gasteiger partial charge in [0, 0.05) is 12.8 Å². The number of hydrogen-bond acceptors (Lipinski definition) is 7. The molecule has 2 atom stereocenters. The van der Waals surface area contributed by atoms with Gasteiger partial charge in [0.15, 0.2) is 25.1 Å². The lowest BCUT2D eigenvalue weighted by Crippen LogP contribution is -2.24. The minimum absolute atomic E-state index is 0.113. The highest BCUT2D eigenvalue weighted by atomic mass is 16.7. The molecule has 0 aliphatic heterocycles. The van der Waals surface area contributed by atoms with Crippen molar-refractivity contribution in [2.75, 3.05) is 42.0 Å². The molecule has 0 aromatic carbocycles. The molecule has 0 saturated carbocycles. The molecule has 0 aromatic rings. The second-order valence-corrected chi connectivity index (χ2v) is 13.6. The first kappa shape index (κ1) is 47.6. The summed E-state index contributed by atoms with van der Waals surface area (Å²) in [6, 6.07) is 0. The zero-order valence-corrected chi connectivity index (χ0v) is 33.8. The van der Waals surface area contributed by atoms with Crippen LogP contribution in [-0.2, 0) is 33.2 Å². The molecule has 0 bridgehead atoms. The molecule has 0 aliphatic carbocycles. The third kappa shape index (κ3) is 25.2. The summed E-state index contributed by atoms with van der Waals surface area (Å²) in [7, 11) is 6.94. The normalized spacial score (nSPS) is 13.9. The molecular weight excluding hydrogens is 616 g/mol. The number of unbranched alkanes of at least 4 members (excludes halogenated alkanes) is 18. The molecular formula is C42H82O7. The van der Waals surface area contributed by atoms with E-state index in [4.69, 9.17) is 33.2 Å². The summed E-state index contributed by atoms with van der Waals surface area (Å²) in [6.45, 7) is 9.20. The van der Waals surface area contributed by atoms with Crippen LogP contribution in [0.25, 0.3) is 0 Å². The first-order valence-corrected chi connectivity index (χ1v) is 20.5. The topological polar surface area (TPSA) is 64.6 Å². The third-order valence-corrected chi connectivity index (χ3v) is 9.43. The Morgan fingerprint density at radius 1 is 0.367 bits per heavy atom. The van der Waals surface area contributed by atoms with E-state index >= 15 is 0 Å². The van der Waals surface area contributed by atoms with Crippen molar-refractivity contribution in [1.29, 1.82) is 0 Å². The number of ether oxygens (including phenoxy) is 7.